The van der Waals surface area contributed by atoms with Gasteiger partial charge in [0, 0.05) is 12.8 Å². The first kappa shape index (κ1) is 12.4. The van der Waals surface area contributed by atoms with Crippen LogP contribution in [-0.4, -0.2) is 47.8 Å². The predicted molar refractivity (Wildman–Crippen MR) is 64.3 cm³/mol. The molecule has 2 amide bonds. The minimum absolute atomic E-state index is 0.0372. The fourth-order valence-electron chi connectivity index (χ4n) is 0.848. The van der Waals surface area contributed by atoms with E-state index < -0.39 is 0 Å². The van der Waals surface area contributed by atoms with E-state index in [-0.39, 0.29) is 18.4 Å². The first-order chi connectivity index (χ1) is 7.22. The Kier molecular flexibility index (Phi) is 5.56. The molecule has 0 atom stereocenters. The highest BCUT2D eigenvalue weighted by molar-refractivity contribution is 8.39. The number of hydrogen-bond acceptors (Lipinski definition) is 5. The van der Waals surface area contributed by atoms with E-state index in [1.54, 1.807) is 11.8 Å². The molecule has 84 valence electrons. The number of carbonyl (C=O) groups is 2. The van der Waals surface area contributed by atoms with E-state index in [9.17, 15) is 9.59 Å². The van der Waals surface area contributed by atoms with E-state index in [2.05, 4.69) is 15.6 Å². The molecule has 15 heavy (non-hydrogen) atoms. The molecular weight excluding hydrogens is 234 g/mol. The first-order valence-corrected chi connectivity index (χ1v) is 6.47. The van der Waals surface area contributed by atoms with Crippen LogP contribution in [0.2, 0.25) is 0 Å². The third kappa shape index (κ3) is 5.08. The maximum absolute atomic E-state index is 11.2. The molecule has 2 N–H and O–H groups in total. The summed E-state index contributed by atoms with van der Waals surface area (Å²) < 4.78 is 0.963. The maximum atomic E-state index is 11.2. The SMILES string of the molecule is CNC(=O)CNC(=O)CSC1=NCCS1. The van der Waals surface area contributed by atoms with Crippen molar-refractivity contribution in [3.05, 3.63) is 0 Å². The van der Waals surface area contributed by atoms with Gasteiger partial charge in [-0.25, -0.2) is 0 Å². The second kappa shape index (κ2) is 6.73. The maximum Gasteiger partial charge on any atom is 0.239 e. The lowest BCUT2D eigenvalue weighted by Gasteiger charge is -2.03. The summed E-state index contributed by atoms with van der Waals surface area (Å²) >= 11 is 3.09. The lowest BCUT2D eigenvalue weighted by Crippen LogP contribution is -2.36. The number of likely N-dealkylation sites (N-methyl/N-ethyl adjacent to an activating group) is 1. The minimum atomic E-state index is -0.194. The zero-order chi connectivity index (χ0) is 11.1. The molecule has 0 fully saturated rings. The summed E-state index contributed by atoms with van der Waals surface area (Å²) in [5.74, 6) is 0.991. The minimum Gasteiger partial charge on any atom is -0.358 e. The molecule has 1 aliphatic rings. The van der Waals surface area contributed by atoms with Crippen molar-refractivity contribution in [2.75, 3.05) is 31.6 Å². The Bertz CT molecular complexity index is 281. The fraction of sp³-hybridized carbons (Fsp3) is 0.625. The van der Waals surface area contributed by atoms with Crippen LogP contribution >= 0.6 is 23.5 Å². The number of hydrogen-bond donors (Lipinski definition) is 2. The summed E-state index contributed by atoms with van der Waals surface area (Å²) in [5, 5.41) is 4.95. The van der Waals surface area contributed by atoms with E-state index >= 15 is 0 Å². The Balaban J connectivity index is 2.10. The highest BCUT2D eigenvalue weighted by Gasteiger charge is 2.10. The molecule has 0 bridgehead atoms. The summed E-state index contributed by atoms with van der Waals surface area (Å²) in [5.41, 5.74) is 0. The van der Waals surface area contributed by atoms with Gasteiger partial charge in [-0.2, -0.15) is 0 Å². The van der Waals surface area contributed by atoms with Crippen LogP contribution in [0, 0.1) is 0 Å². The van der Waals surface area contributed by atoms with E-state index in [0.29, 0.717) is 5.75 Å². The number of aliphatic imine (C=N–C) groups is 1. The van der Waals surface area contributed by atoms with E-state index in [1.807, 2.05) is 0 Å². The van der Waals surface area contributed by atoms with Gasteiger partial charge in [0.1, 0.15) is 4.38 Å². The number of rotatable bonds is 4. The monoisotopic (exact) mass is 247 g/mol. The summed E-state index contributed by atoms with van der Waals surface area (Å²) in [6.45, 7) is 0.877. The summed E-state index contributed by atoms with van der Waals surface area (Å²) in [6.07, 6.45) is 0. The van der Waals surface area contributed by atoms with Gasteiger partial charge >= 0.3 is 0 Å². The molecule has 0 radical (unpaired) electrons. The van der Waals surface area contributed by atoms with Gasteiger partial charge in [-0.3, -0.25) is 14.6 Å². The van der Waals surface area contributed by atoms with Gasteiger partial charge in [0.25, 0.3) is 0 Å². The van der Waals surface area contributed by atoms with Crippen LogP contribution in [0.25, 0.3) is 0 Å². The Morgan fingerprint density at radius 3 is 2.93 bits per heavy atom. The number of thioether (sulfide) groups is 2. The third-order valence-corrected chi connectivity index (χ3v) is 3.86. The second-order valence-electron chi connectivity index (χ2n) is 2.73. The molecule has 0 aromatic carbocycles. The Morgan fingerprint density at radius 2 is 2.33 bits per heavy atom. The molecule has 0 aromatic heterocycles. The molecule has 7 heteroatoms. The average Bonchev–Trinajstić information content (AvgIpc) is 2.75. The van der Waals surface area contributed by atoms with Crippen molar-refractivity contribution < 1.29 is 9.59 Å². The van der Waals surface area contributed by atoms with Gasteiger partial charge in [0.2, 0.25) is 11.8 Å². The van der Waals surface area contributed by atoms with E-state index in [4.69, 9.17) is 0 Å². The van der Waals surface area contributed by atoms with Crippen LogP contribution in [-0.2, 0) is 9.59 Å². The highest BCUT2D eigenvalue weighted by atomic mass is 32.2. The zero-order valence-electron chi connectivity index (χ0n) is 8.41. The molecule has 1 heterocycles. The van der Waals surface area contributed by atoms with Crippen LogP contribution in [0.3, 0.4) is 0 Å². The predicted octanol–water partition coefficient (Wildman–Crippen LogP) is -0.315. The van der Waals surface area contributed by atoms with Gasteiger partial charge in [-0.05, 0) is 0 Å². The van der Waals surface area contributed by atoms with Crippen LogP contribution in [0.4, 0.5) is 0 Å². The van der Waals surface area contributed by atoms with E-state index in [0.717, 1.165) is 16.7 Å². The van der Waals surface area contributed by atoms with Gasteiger partial charge in [-0.15, -0.1) is 0 Å². The topological polar surface area (TPSA) is 70.6 Å². The summed E-state index contributed by atoms with van der Waals surface area (Å²) in [7, 11) is 1.53. The molecule has 0 aliphatic carbocycles. The third-order valence-electron chi connectivity index (χ3n) is 1.61. The van der Waals surface area contributed by atoms with Gasteiger partial charge in [0.15, 0.2) is 0 Å². The molecule has 0 saturated carbocycles. The van der Waals surface area contributed by atoms with Crippen molar-refractivity contribution in [3.63, 3.8) is 0 Å². The first-order valence-electron chi connectivity index (χ1n) is 4.49. The Labute approximate surface area is 96.9 Å². The second-order valence-corrected chi connectivity index (χ2v) is 5.04. The van der Waals surface area contributed by atoms with Crippen molar-refractivity contribution in [2.45, 2.75) is 0 Å². The quantitative estimate of drug-likeness (QED) is 0.714. The van der Waals surface area contributed by atoms with Gasteiger partial charge in [-0.1, -0.05) is 23.5 Å². The standard InChI is InChI=1S/C8H13N3O2S2/c1-9-6(12)4-11-7(13)5-15-8-10-2-3-14-8/h2-5H2,1H3,(H,9,12)(H,11,13). The summed E-state index contributed by atoms with van der Waals surface area (Å²) in [4.78, 5) is 26.3. The van der Waals surface area contributed by atoms with Crippen LogP contribution in [0.15, 0.2) is 4.99 Å². The van der Waals surface area contributed by atoms with Gasteiger partial charge < -0.3 is 10.6 Å². The molecule has 0 aromatic rings. The highest BCUT2D eigenvalue weighted by Crippen LogP contribution is 2.21. The summed E-state index contributed by atoms with van der Waals surface area (Å²) in [6, 6.07) is 0. The van der Waals surface area contributed by atoms with Gasteiger partial charge in [0.05, 0.1) is 18.8 Å². The normalized spacial score (nSPS) is 14.6. The van der Waals surface area contributed by atoms with Crippen LogP contribution in [0.1, 0.15) is 0 Å². The van der Waals surface area contributed by atoms with Crippen molar-refractivity contribution in [2.24, 2.45) is 4.99 Å². The zero-order valence-corrected chi connectivity index (χ0v) is 10.0. The molecule has 0 saturated heterocycles. The van der Waals surface area contributed by atoms with Crippen LogP contribution < -0.4 is 10.6 Å². The lowest BCUT2D eigenvalue weighted by atomic mass is 10.5. The number of nitrogens with one attached hydrogen (secondary N) is 2. The molecule has 1 rings (SSSR count). The molecule has 0 spiro atoms. The molecule has 5 nitrogen and oxygen atoms in total. The fourth-order valence-corrected chi connectivity index (χ4v) is 2.69. The Morgan fingerprint density at radius 1 is 1.53 bits per heavy atom. The Hall–Kier alpha value is -0.690. The molecule has 0 unspecified atom stereocenters. The van der Waals surface area contributed by atoms with Crippen molar-refractivity contribution in [1.29, 1.82) is 0 Å². The number of carbonyl (C=O) groups excluding carboxylic acids is 2. The average molecular weight is 247 g/mol. The van der Waals surface area contributed by atoms with E-state index in [1.165, 1.54) is 18.8 Å². The largest absolute Gasteiger partial charge is 0.358 e. The number of amides is 2. The number of nitrogens with zero attached hydrogens (tertiary/aromatic N) is 1. The lowest BCUT2D eigenvalue weighted by molar-refractivity contribution is -0.124. The van der Waals surface area contributed by atoms with Crippen LogP contribution in [0.5, 0.6) is 0 Å². The van der Waals surface area contributed by atoms with Crippen molar-refractivity contribution in [3.8, 4) is 0 Å². The smallest absolute Gasteiger partial charge is 0.239 e. The van der Waals surface area contributed by atoms with Crippen molar-refractivity contribution in [1.82, 2.24) is 10.6 Å². The molecular formula is C8H13N3O2S2. The molecule has 1 aliphatic heterocycles. The van der Waals surface area contributed by atoms with Crippen molar-refractivity contribution >= 4 is 39.7 Å².